The van der Waals surface area contributed by atoms with E-state index in [-0.39, 0.29) is 33.8 Å². The molecule has 1 amide bonds. The third-order valence-electron chi connectivity index (χ3n) is 5.57. The predicted octanol–water partition coefficient (Wildman–Crippen LogP) is 4.38. The zero-order valence-corrected chi connectivity index (χ0v) is 23.3. The van der Waals surface area contributed by atoms with Crippen LogP contribution in [0.4, 0.5) is 5.69 Å². The lowest BCUT2D eigenvalue weighted by atomic mass is 10.1. The third-order valence-corrected chi connectivity index (χ3v) is 7.64. The highest BCUT2D eigenvalue weighted by Crippen LogP contribution is 2.26. The number of rotatable bonds is 10. The quantitative estimate of drug-likeness (QED) is 0.353. The summed E-state index contributed by atoms with van der Waals surface area (Å²) in [7, 11) is -0.0685. The van der Waals surface area contributed by atoms with E-state index in [1.807, 2.05) is 0 Å². The predicted molar refractivity (Wildman–Crippen MR) is 145 cm³/mol. The van der Waals surface area contributed by atoms with Crippen molar-refractivity contribution in [3.8, 4) is 5.75 Å². The maximum absolute atomic E-state index is 13.1. The van der Waals surface area contributed by atoms with Crippen LogP contribution in [0.25, 0.3) is 0 Å². The fraction of sp³-hybridized carbons (Fsp3) is 0.222. The van der Waals surface area contributed by atoms with E-state index in [2.05, 4.69) is 5.32 Å². The fourth-order valence-electron chi connectivity index (χ4n) is 3.63. The van der Waals surface area contributed by atoms with E-state index in [9.17, 15) is 22.8 Å². The number of sulfonamides is 1. The minimum Gasteiger partial charge on any atom is -0.494 e. The van der Waals surface area contributed by atoms with Crippen molar-refractivity contribution in [1.82, 2.24) is 4.31 Å². The van der Waals surface area contributed by atoms with Gasteiger partial charge in [0.25, 0.3) is 5.91 Å². The number of hydrogen-bond acceptors (Lipinski definition) is 8. The molecular formula is C27H27ClN2O8S. The van der Waals surface area contributed by atoms with Crippen LogP contribution in [-0.2, 0) is 26.0 Å². The number of nitrogens with zero attached hydrogens (tertiary/aromatic N) is 1. The van der Waals surface area contributed by atoms with E-state index in [1.165, 1.54) is 75.9 Å². The number of esters is 2. The monoisotopic (exact) mass is 574 g/mol. The Kier molecular flexibility index (Phi) is 9.68. The van der Waals surface area contributed by atoms with Crippen molar-refractivity contribution >= 4 is 45.2 Å². The van der Waals surface area contributed by atoms with Crippen molar-refractivity contribution in [2.45, 2.75) is 18.4 Å². The average molecular weight is 575 g/mol. The van der Waals surface area contributed by atoms with Crippen LogP contribution < -0.4 is 10.1 Å². The van der Waals surface area contributed by atoms with Crippen molar-refractivity contribution < 1.29 is 37.0 Å². The molecule has 39 heavy (non-hydrogen) atoms. The van der Waals surface area contributed by atoms with Gasteiger partial charge in [-0.05, 0) is 67.6 Å². The molecule has 0 aromatic heterocycles. The molecule has 12 heteroatoms. The van der Waals surface area contributed by atoms with Crippen molar-refractivity contribution in [1.29, 1.82) is 0 Å². The van der Waals surface area contributed by atoms with Crippen molar-refractivity contribution in [3.05, 3.63) is 87.9 Å². The maximum atomic E-state index is 13.1. The Balaban J connectivity index is 1.92. The highest BCUT2D eigenvalue weighted by Gasteiger charge is 2.23. The Hall–Kier alpha value is -3.93. The first-order valence-electron chi connectivity index (χ1n) is 11.6. The van der Waals surface area contributed by atoms with E-state index in [0.717, 1.165) is 4.31 Å². The minimum absolute atomic E-state index is 0.0390. The van der Waals surface area contributed by atoms with Gasteiger partial charge >= 0.3 is 11.9 Å². The van der Waals surface area contributed by atoms with Crippen LogP contribution in [0.5, 0.6) is 5.75 Å². The van der Waals surface area contributed by atoms with Crippen LogP contribution in [-0.4, -0.2) is 58.4 Å². The van der Waals surface area contributed by atoms with Gasteiger partial charge in [-0.1, -0.05) is 11.6 Å². The van der Waals surface area contributed by atoms with E-state index >= 15 is 0 Å². The second-order valence-corrected chi connectivity index (χ2v) is 10.7. The lowest BCUT2D eigenvalue weighted by Crippen LogP contribution is -2.27. The summed E-state index contributed by atoms with van der Waals surface area (Å²) in [6, 6.07) is 14.4. The van der Waals surface area contributed by atoms with E-state index in [1.54, 1.807) is 13.0 Å². The normalized spacial score (nSPS) is 11.1. The second-order valence-electron chi connectivity index (χ2n) is 8.21. The molecule has 0 atom stereocenters. The van der Waals surface area contributed by atoms with Crippen molar-refractivity contribution in [2.75, 3.05) is 33.2 Å². The SMILES string of the molecule is CCOc1ccc(C(=O)Nc2cc(C(=O)OC)cc(C(=O)OC)c2)cc1CN(C)S(=O)(=O)c1ccc(Cl)cc1. The van der Waals surface area contributed by atoms with Crippen molar-refractivity contribution in [3.63, 3.8) is 0 Å². The Morgan fingerprint density at radius 2 is 1.46 bits per heavy atom. The van der Waals surface area contributed by atoms with E-state index < -0.39 is 27.9 Å². The molecule has 0 aliphatic heterocycles. The van der Waals surface area contributed by atoms with Crippen LogP contribution in [0.15, 0.2) is 65.6 Å². The average Bonchev–Trinajstić information content (AvgIpc) is 2.93. The molecule has 1 N–H and O–H groups in total. The molecule has 0 aliphatic carbocycles. The van der Waals surface area contributed by atoms with Crippen LogP contribution in [0.2, 0.25) is 5.02 Å². The first kappa shape index (κ1) is 29.6. The second kappa shape index (κ2) is 12.7. The molecule has 3 rings (SSSR count). The first-order valence-corrected chi connectivity index (χ1v) is 13.4. The van der Waals surface area contributed by atoms with Gasteiger partial charge < -0.3 is 19.5 Å². The molecule has 0 fully saturated rings. The lowest BCUT2D eigenvalue weighted by Gasteiger charge is -2.20. The Morgan fingerprint density at radius 1 is 0.872 bits per heavy atom. The van der Waals surface area contributed by atoms with Gasteiger partial charge in [0.15, 0.2) is 0 Å². The summed E-state index contributed by atoms with van der Waals surface area (Å²) in [6.45, 7) is 2.01. The van der Waals surface area contributed by atoms with Gasteiger partial charge in [0, 0.05) is 35.4 Å². The summed E-state index contributed by atoms with van der Waals surface area (Å²) < 4.78 is 42.4. The number of amides is 1. The van der Waals surface area contributed by atoms with Crippen molar-refractivity contribution in [2.24, 2.45) is 0 Å². The van der Waals surface area contributed by atoms with Gasteiger partial charge in [-0.2, -0.15) is 4.31 Å². The summed E-state index contributed by atoms with van der Waals surface area (Å²) in [5.41, 5.74) is 0.868. The topological polar surface area (TPSA) is 128 Å². The zero-order valence-electron chi connectivity index (χ0n) is 21.7. The maximum Gasteiger partial charge on any atom is 0.337 e. The number of hydrogen-bond donors (Lipinski definition) is 1. The van der Waals surface area contributed by atoms with Crippen LogP contribution in [0.1, 0.15) is 43.6 Å². The van der Waals surface area contributed by atoms with Crippen LogP contribution >= 0.6 is 11.6 Å². The molecule has 0 saturated heterocycles. The molecule has 10 nitrogen and oxygen atoms in total. The van der Waals surface area contributed by atoms with Crippen LogP contribution in [0.3, 0.4) is 0 Å². The Morgan fingerprint density at radius 3 is 2.00 bits per heavy atom. The fourth-order valence-corrected chi connectivity index (χ4v) is 4.90. The highest BCUT2D eigenvalue weighted by molar-refractivity contribution is 7.89. The number of carbonyl (C=O) groups is 3. The van der Waals surface area contributed by atoms with Gasteiger partial charge in [-0.15, -0.1) is 0 Å². The first-order chi connectivity index (χ1) is 18.5. The molecule has 3 aromatic carbocycles. The van der Waals surface area contributed by atoms with Gasteiger partial charge in [-0.3, -0.25) is 4.79 Å². The molecule has 206 valence electrons. The molecular weight excluding hydrogens is 548 g/mol. The van der Waals surface area contributed by atoms with Gasteiger partial charge in [-0.25, -0.2) is 18.0 Å². The number of ether oxygens (including phenoxy) is 3. The summed E-state index contributed by atoms with van der Waals surface area (Å²) in [4.78, 5) is 37.3. The summed E-state index contributed by atoms with van der Waals surface area (Å²) in [6.07, 6.45) is 0. The number of benzene rings is 3. The summed E-state index contributed by atoms with van der Waals surface area (Å²) >= 11 is 5.89. The highest BCUT2D eigenvalue weighted by atomic mass is 35.5. The number of methoxy groups -OCH3 is 2. The molecule has 0 saturated carbocycles. The van der Waals surface area contributed by atoms with Crippen LogP contribution in [0, 0.1) is 0 Å². The summed E-state index contributed by atoms with van der Waals surface area (Å²) in [5.74, 6) is -1.57. The third kappa shape index (κ3) is 7.14. The number of carbonyl (C=O) groups excluding carboxylic acids is 3. The zero-order chi connectivity index (χ0) is 28.7. The molecule has 0 aliphatic rings. The largest absolute Gasteiger partial charge is 0.494 e. The molecule has 0 bridgehead atoms. The Bertz CT molecular complexity index is 1460. The molecule has 3 aromatic rings. The van der Waals surface area contributed by atoms with Gasteiger partial charge in [0.05, 0.1) is 36.8 Å². The number of anilines is 1. The standard InChI is InChI=1S/C27H27ClN2O8S/c1-5-38-24-11-6-17(12-20(24)16-30(2)39(34,35)23-9-7-21(28)8-10-23)25(31)29-22-14-18(26(32)36-3)13-19(15-22)27(33)37-4/h6-15H,5,16H2,1-4H3,(H,29,31). The Labute approximate surface area is 231 Å². The molecule has 0 heterocycles. The van der Waals surface area contributed by atoms with E-state index in [4.69, 9.17) is 25.8 Å². The number of nitrogens with one attached hydrogen (secondary N) is 1. The molecule has 0 spiro atoms. The minimum atomic E-state index is -3.87. The van der Waals surface area contributed by atoms with E-state index in [0.29, 0.717) is 22.9 Å². The molecule has 0 unspecified atom stereocenters. The number of halogens is 1. The van der Waals surface area contributed by atoms with Gasteiger partial charge in [0.1, 0.15) is 5.75 Å². The smallest absolute Gasteiger partial charge is 0.337 e. The summed E-state index contributed by atoms with van der Waals surface area (Å²) in [5, 5.41) is 3.06. The molecule has 0 radical (unpaired) electrons. The van der Waals surface area contributed by atoms with Gasteiger partial charge in [0.2, 0.25) is 10.0 Å². The lowest BCUT2D eigenvalue weighted by molar-refractivity contribution is 0.0598.